The van der Waals surface area contributed by atoms with Crippen molar-refractivity contribution in [3.8, 4) is 0 Å². The first-order valence-corrected chi connectivity index (χ1v) is 9.46. The summed E-state index contributed by atoms with van der Waals surface area (Å²) in [5.74, 6) is -0.667. The molecule has 0 radical (unpaired) electrons. The number of hydrogen-bond donors (Lipinski definition) is 1. The molecule has 1 aliphatic heterocycles. The summed E-state index contributed by atoms with van der Waals surface area (Å²) >= 11 is 5.98. The van der Waals surface area contributed by atoms with Crippen molar-refractivity contribution in [2.75, 3.05) is 6.54 Å². The van der Waals surface area contributed by atoms with Gasteiger partial charge in [0.05, 0.1) is 24.3 Å². The van der Waals surface area contributed by atoms with E-state index in [1.807, 2.05) is 6.92 Å². The summed E-state index contributed by atoms with van der Waals surface area (Å²) in [5.41, 5.74) is 0.752. The van der Waals surface area contributed by atoms with Gasteiger partial charge in [0.25, 0.3) is 0 Å². The molecule has 2 aliphatic carbocycles. The van der Waals surface area contributed by atoms with Gasteiger partial charge in [-0.1, -0.05) is 35.9 Å². The van der Waals surface area contributed by atoms with Gasteiger partial charge in [-0.2, -0.15) is 0 Å². The number of rotatable bonds is 5. The normalized spacial score (nSPS) is 30.0. The van der Waals surface area contributed by atoms with Gasteiger partial charge >= 0.3 is 0 Å². The first-order valence-electron chi connectivity index (χ1n) is 9.08. The van der Waals surface area contributed by atoms with E-state index in [4.69, 9.17) is 11.6 Å². The van der Waals surface area contributed by atoms with Gasteiger partial charge in [0, 0.05) is 11.6 Å². The Bertz CT molecular complexity index is 759. The Morgan fingerprint density at radius 2 is 1.73 bits per heavy atom. The molecule has 1 saturated heterocycles. The molecular weight excluding hydrogens is 352 g/mol. The predicted molar refractivity (Wildman–Crippen MR) is 97.1 cm³/mol. The van der Waals surface area contributed by atoms with Gasteiger partial charge in [-0.25, -0.2) is 0 Å². The van der Waals surface area contributed by atoms with Crippen LogP contribution in [0, 0.1) is 23.7 Å². The lowest BCUT2D eigenvalue weighted by atomic mass is 9.85. The number of amides is 3. The molecule has 5 unspecified atom stereocenters. The van der Waals surface area contributed by atoms with E-state index in [2.05, 4.69) is 17.5 Å². The largest absolute Gasteiger partial charge is 0.356 e. The summed E-state index contributed by atoms with van der Waals surface area (Å²) in [6.07, 6.45) is 5.10. The van der Waals surface area contributed by atoms with Crippen LogP contribution in [-0.2, 0) is 14.4 Å². The number of carbonyl (C=O) groups excluding carboxylic acids is 3. The summed E-state index contributed by atoms with van der Waals surface area (Å²) in [4.78, 5) is 39.8. The molecule has 3 amide bonds. The fraction of sp³-hybridized carbons (Fsp3) is 0.450. The average Bonchev–Trinajstić information content (AvgIpc) is 3.29. The maximum atomic E-state index is 13.1. The zero-order valence-electron chi connectivity index (χ0n) is 14.5. The first-order chi connectivity index (χ1) is 12.5. The molecule has 6 heteroatoms. The van der Waals surface area contributed by atoms with Gasteiger partial charge < -0.3 is 5.32 Å². The van der Waals surface area contributed by atoms with Crippen molar-refractivity contribution in [3.05, 3.63) is 47.0 Å². The molecule has 26 heavy (non-hydrogen) atoms. The van der Waals surface area contributed by atoms with E-state index >= 15 is 0 Å². The Hall–Kier alpha value is -2.14. The Morgan fingerprint density at radius 1 is 1.15 bits per heavy atom. The number of hydrogen-bond acceptors (Lipinski definition) is 3. The molecule has 2 bridgehead atoms. The smallest absolute Gasteiger partial charge is 0.234 e. The van der Waals surface area contributed by atoms with Crippen LogP contribution in [0.1, 0.15) is 31.4 Å². The van der Waals surface area contributed by atoms with Gasteiger partial charge in [0.2, 0.25) is 17.7 Å². The summed E-state index contributed by atoms with van der Waals surface area (Å²) in [6, 6.07) is 6.42. The van der Waals surface area contributed by atoms with E-state index in [0.717, 1.165) is 12.0 Å². The number of fused-ring (bicyclic) bond motifs is 5. The molecule has 1 aromatic rings. The second kappa shape index (κ2) is 6.54. The number of halogens is 1. The Morgan fingerprint density at radius 3 is 2.27 bits per heavy atom. The van der Waals surface area contributed by atoms with Crippen molar-refractivity contribution in [1.29, 1.82) is 0 Å². The van der Waals surface area contributed by atoms with Crippen molar-refractivity contribution in [3.63, 3.8) is 0 Å². The maximum Gasteiger partial charge on any atom is 0.234 e. The van der Waals surface area contributed by atoms with E-state index in [0.29, 0.717) is 11.6 Å². The Labute approximate surface area is 157 Å². The van der Waals surface area contributed by atoms with E-state index in [-0.39, 0.29) is 47.8 Å². The molecule has 1 saturated carbocycles. The lowest BCUT2D eigenvalue weighted by Gasteiger charge is -2.28. The third-order valence-electron chi connectivity index (χ3n) is 5.82. The molecule has 2 fully saturated rings. The van der Waals surface area contributed by atoms with Crippen LogP contribution in [0.2, 0.25) is 5.02 Å². The monoisotopic (exact) mass is 372 g/mol. The molecule has 3 aliphatic rings. The lowest BCUT2D eigenvalue weighted by Crippen LogP contribution is -2.39. The molecule has 0 spiro atoms. The van der Waals surface area contributed by atoms with Crippen molar-refractivity contribution in [1.82, 2.24) is 10.2 Å². The number of allylic oxidation sites excluding steroid dienone is 2. The van der Waals surface area contributed by atoms with Crippen molar-refractivity contribution < 1.29 is 14.4 Å². The number of likely N-dealkylation sites (tertiary alicyclic amines) is 1. The van der Waals surface area contributed by atoms with Crippen LogP contribution in [0.15, 0.2) is 36.4 Å². The van der Waals surface area contributed by atoms with Crippen LogP contribution >= 0.6 is 11.6 Å². The highest BCUT2D eigenvalue weighted by atomic mass is 35.5. The van der Waals surface area contributed by atoms with Crippen LogP contribution in [0.25, 0.3) is 0 Å². The third-order valence-corrected chi connectivity index (χ3v) is 6.08. The summed E-state index contributed by atoms with van der Waals surface area (Å²) in [5, 5.41) is 3.34. The van der Waals surface area contributed by atoms with Crippen molar-refractivity contribution in [2.24, 2.45) is 23.7 Å². The minimum absolute atomic E-state index is 0.0646. The van der Waals surface area contributed by atoms with Gasteiger partial charge in [0.1, 0.15) is 0 Å². The fourth-order valence-corrected chi connectivity index (χ4v) is 4.85. The first kappa shape index (κ1) is 17.3. The predicted octanol–water partition coefficient (Wildman–Crippen LogP) is 2.71. The standard InChI is InChI=1S/C20H21ClN2O3/c1-2-22-16(24)10-15(11-5-7-14(21)8-6-11)23-19(25)17-12-3-4-13(9-12)18(17)20(23)26/h3-8,12-13,15,17-18H,2,9-10H2,1H3,(H,22,24). The van der Waals surface area contributed by atoms with Gasteiger partial charge in [-0.15, -0.1) is 0 Å². The van der Waals surface area contributed by atoms with Crippen molar-refractivity contribution >= 4 is 29.3 Å². The molecule has 1 heterocycles. The van der Waals surface area contributed by atoms with Gasteiger partial charge in [-0.3, -0.25) is 19.3 Å². The van der Waals surface area contributed by atoms with Gasteiger partial charge in [-0.05, 0) is 42.9 Å². The second-order valence-electron chi connectivity index (χ2n) is 7.27. The lowest BCUT2D eigenvalue weighted by molar-refractivity contribution is -0.144. The van der Waals surface area contributed by atoms with Crippen LogP contribution in [0.4, 0.5) is 0 Å². The van der Waals surface area contributed by atoms with Gasteiger partial charge in [0.15, 0.2) is 0 Å². The minimum Gasteiger partial charge on any atom is -0.356 e. The van der Waals surface area contributed by atoms with E-state index < -0.39 is 6.04 Å². The van der Waals surface area contributed by atoms with E-state index in [1.54, 1.807) is 24.3 Å². The van der Waals surface area contributed by atoms with Crippen LogP contribution in [0.3, 0.4) is 0 Å². The highest BCUT2D eigenvalue weighted by Crippen LogP contribution is 2.54. The number of imide groups is 1. The zero-order chi connectivity index (χ0) is 18.4. The summed E-state index contributed by atoms with van der Waals surface area (Å²) in [6.45, 7) is 2.35. The molecule has 1 aromatic carbocycles. The quantitative estimate of drug-likeness (QED) is 0.638. The third kappa shape index (κ3) is 2.65. The Kier molecular flexibility index (Phi) is 4.35. The maximum absolute atomic E-state index is 13.1. The molecule has 1 N–H and O–H groups in total. The summed E-state index contributed by atoms with van der Waals surface area (Å²) in [7, 11) is 0. The van der Waals surface area contributed by atoms with Crippen LogP contribution < -0.4 is 5.32 Å². The molecule has 5 nitrogen and oxygen atoms in total. The molecule has 136 valence electrons. The minimum atomic E-state index is -0.594. The zero-order valence-corrected chi connectivity index (χ0v) is 15.3. The molecular formula is C20H21ClN2O3. The molecule has 0 aromatic heterocycles. The average molecular weight is 373 g/mol. The Balaban J connectivity index is 1.67. The highest BCUT2D eigenvalue weighted by molar-refractivity contribution is 6.30. The number of carbonyl (C=O) groups is 3. The summed E-state index contributed by atoms with van der Waals surface area (Å²) < 4.78 is 0. The SMILES string of the molecule is CCNC(=O)CC(c1ccc(Cl)cc1)N1C(=O)C2C3C=CC(C3)C2C1=O. The number of nitrogens with one attached hydrogen (secondary N) is 1. The topological polar surface area (TPSA) is 66.5 Å². The number of benzene rings is 1. The number of nitrogens with zero attached hydrogens (tertiary/aromatic N) is 1. The fourth-order valence-electron chi connectivity index (χ4n) is 4.72. The van der Waals surface area contributed by atoms with Crippen LogP contribution in [0.5, 0.6) is 0 Å². The second-order valence-corrected chi connectivity index (χ2v) is 7.71. The van der Waals surface area contributed by atoms with E-state index in [1.165, 1.54) is 4.90 Å². The molecule has 5 atom stereocenters. The van der Waals surface area contributed by atoms with Crippen molar-refractivity contribution in [2.45, 2.75) is 25.8 Å². The van der Waals surface area contributed by atoms with Crippen LogP contribution in [-0.4, -0.2) is 29.2 Å². The highest BCUT2D eigenvalue weighted by Gasteiger charge is 2.60. The van der Waals surface area contributed by atoms with E-state index in [9.17, 15) is 14.4 Å². The molecule has 4 rings (SSSR count).